The lowest BCUT2D eigenvalue weighted by Gasteiger charge is -2.16. The lowest BCUT2D eigenvalue weighted by molar-refractivity contribution is 0.154. The third-order valence-electron chi connectivity index (χ3n) is 5.29. The van der Waals surface area contributed by atoms with Gasteiger partial charge in [0.2, 0.25) is 0 Å². The van der Waals surface area contributed by atoms with Crippen molar-refractivity contribution in [2.75, 3.05) is 18.5 Å². The fraction of sp³-hybridized carbons (Fsp3) is 0.739. The monoisotopic (exact) mass is 425 g/mol. The van der Waals surface area contributed by atoms with E-state index in [-0.39, 0.29) is 0 Å². The number of hydrogen-bond donors (Lipinski definition) is 2. The fourth-order valence-electron chi connectivity index (χ4n) is 3.62. The predicted molar refractivity (Wildman–Crippen MR) is 122 cm³/mol. The van der Waals surface area contributed by atoms with Gasteiger partial charge in [-0.1, -0.05) is 71.1 Å². The smallest absolute Gasteiger partial charge is 0.404 e. The molecule has 0 bridgehead atoms. The topological polar surface area (TPSA) is 77.2 Å². The second-order valence-corrected chi connectivity index (χ2v) is 8.09. The molecule has 166 valence electrons. The summed E-state index contributed by atoms with van der Waals surface area (Å²) in [5.41, 5.74) is 6.99. The zero-order valence-corrected chi connectivity index (χ0v) is 18.9. The van der Waals surface area contributed by atoms with E-state index in [1.54, 1.807) is 0 Å². The largest absolute Gasteiger partial charge is 0.450 e. The van der Waals surface area contributed by atoms with Crippen molar-refractivity contribution in [3.8, 4) is 0 Å². The van der Waals surface area contributed by atoms with Crippen LogP contribution in [-0.4, -0.2) is 24.2 Å². The van der Waals surface area contributed by atoms with Crippen LogP contribution in [0.4, 0.5) is 10.5 Å². The maximum atomic E-state index is 10.5. The number of carbonyl (C=O) groups excluding carboxylic acids is 1. The molecule has 0 aliphatic heterocycles. The highest BCUT2D eigenvalue weighted by atomic mass is 35.5. The van der Waals surface area contributed by atoms with E-state index in [2.05, 4.69) is 17.2 Å². The molecule has 1 amide bonds. The summed E-state index contributed by atoms with van der Waals surface area (Å²) in [5.74, 6) is 1.31. The summed E-state index contributed by atoms with van der Waals surface area (Å²) in [6, 6.07) is 4.02. The standard InChI is InChI=1S/C23H40ClN3O2/c1-2-3-11-20(12-7-4-5-10-17-29-23(25)28)13-8-6-9-15-26-21-14-16-27-22(18-21)19-24/h14,16,18,20H,2-13,15,17,19H2,1H3,(H2,25,28)(H,26,27). The predicted octanol–water partition coefficient (Wildman–Crippen LogP) is 6.64. The molecule has 6 heteroatoms. The van der Waals surface area contributed by atoms with E-state index in [0.29, 0.717) is 12.5 Å². The van der Waals surface area contributed by atoms with Gasteiger partial charge in [-0.25, -0.2) is 4.79 Å². The molecule has 5 nitrogen and oxygen atoms in total. The summed E-state index contributed by atoms with van der Waals surface area (Å²) in [7, 11) is 0. The number of aromatic nitrogens is 1. The van der Waals surface area contributed by atoms with Gasteiger partial charge in [0.25, 0.3) is 0 Å². The quantitative estimate of drug-likeness (QED) is 0.204. The van der Waals surface area contributed by atoms with Crippen LogP contribution in [0, 0.1) is 5.92 Å². The van der Waals surface area contributed by atoms with Crippen LogP contribution in [0.25, 0.3) is 0 Å². The van der Waals surface area contributed by atoms with Crippen LogP contribution in [-0.2, 0) is 10.6 Å². The first-order valence-corrected chi connectivity index (χ1v) is 11.9. The van der Waals surface area contributed by atoms with Gasteiger partial charge in [-0.2, -0.15) is 0 Å². The number of halogens is 1. The molecule has 0 spiro atoms. The van der Waals surface area contributed by atoms with Gasteiger partial charge >= 0.3 is 6.09 Å². The van der Waals surface area contributed by atoms with Gasteiger partial charge in [0.1, 0.15) is 0 Å². The van der Waals surface area contributed by atoms with Crippen molar-refractivity contribution in [2.24, 2.45) is 11.7 Å². The number of nitrogens with one attached hydrogen (secondary N) is 1. The van der Waals surface area contributed by atoms with Crippen LogP contribution >= 0.6 is 11.6 Å². The molecule has 1 aromatic heterocycles. The molecule has 0 saturated heterocycles. The van der Waals surface area contributed by atoms with Crippen LogP contribution in [0.2, 0.25) is 0 Å². The molecule has 0 aliphatic carbocycles. The van der Waals surface area contributed by atoms with E-state index in [9.17, 15) is 4.79 Å². The number of unbranched alkanes of at least 4 members (excludes halogenated alkanes) is 6. The average Bonchev–Trinajstić information content (AvgIpc) is 2.72. The number of anilines is 1. The number of alkyl halides is 1. The van der Waals surface area contributed by atoms with Crippen LogP contribution in [0.5, 0.6) is 0 Å². The van der Waals surface area contributed by atoms with E-state index in [0.717, 1.165) is 36.7 Å². The molecule has 0 aliphatic rings. The Kier molecular flexibility index (Phi) is 15.3. The Morgan fingerprint density at radius 2 is 1.79 bits per heavy atom. The van der Waals surface area contributed by atoms with Crippen LogP contribution < -0.4 is 11.1 Å². The maximum absolute atomic E-state index is 10.5. The number of pyridine rings is 1. The van der Waals surface area contributed by atoms with Crippen molar-refractivity contribution in [3.05, 3.63) is 24.0 Å². The Bertz CT molecular complexity index is 543. The Morgan fingerprint density at radius 1 is 1.10 bits per heavy atom. The van der Waals surface area contributed by atoms with Crippen molar-refractivity contribution >= 4 is 23.4 Å². The van der Waals surface area contributed by atoms with E-state index in [4.69, 9.17) is 22.1 Å². The number of primary amides is 1. The van der Waals surface area contributed by atoms with Gasteiger partial charge in [0.15, 0.2) is 0 Å². The summed E-state index contributed by atoms with van der Waals surface area (Å²) in [4.78, 5) is 14.7. The van der Waals surface area contributed by atoms with Crippen LogP contribution in [0.3, 0.4) is 0 Å². The molecule has 3 N–H and O–H groups in total. The van der Waals surface area contributed by atoms with Gasteiger partial charge in [0, 0.05) is 18.4 Å². The number of carbonyl (C=O) groups is 1. The number of amides is 1. The number of nitrogens with zero attached hydrogens (tertiary/aromatic N) is 1. The lowest BCUT2D eigenvalue weighted by atomic mass is 9.90. The average molecular weight is 426 g/mol. The summed E-state index contributed by atoms with van der Waals surface area (Å²) in [6.45, 7) is 3.73. The zero-order valence-electron chi connectivity index (χ0n) is 18.1. The Hall–Kier alpha value is -1.49. The first kappa shape index (κ1) is 25.5. The molecule has 0 saturated carbocycles. The Balaban J connectivity index is 2.10. The van der Waals surface area contributed by atoms with Gasteiger partial charge in [-0.3, -0.25) is 4.98 Å². The SMILES string of the molecule is CCCCC(CCCCCCOC(N)=O)CCCCCNc1ccnc(CCl)c1. The highest BCUT2D eigenvalue weighted by Crippen LogP contribution is 2.23. The van der Waals surface area contributed by atoms with E-state index < -0.39 is 6.09 Å². The molecule has 29 heavy (non-hydrogen) atoms. The first-order chi connectivity index (χ1) is 14.2. The van der Waals surface area contributed by atoms with Crippen molar-refractivity contribution < 1.29 is 9.53 Å². The van der Waals surface area contributed by atoms with E-state index in [1.165, 1.54) is 64.2 Å². The number of nitrogens with two attached hydrogens (primary N) is 1. The lowest BCUT2D eigenvalue weighted by Crippen LogP contribution is -2.13. The van der Waals surface area contributed by atoms with E-state index in [1.807, 2.05) is 18.3 Å². The maximum Gasteiger partial charge on any atom is 0.404 e. The summed E-state index contributed by atoms with van der Waals surface area (Å²) >= 11 is 5.83. The fourth-order valence-corrected chi connectivity index (χ4v) is 3.76. The third kappa shape index (κ3) is 14.2. The molecule has 0 fully saturated rings. The molecule has 0 radical (unpaired) electrons. The minimum atomic E-state index is -0.666. The Labute approximate surface area is 182 Å². The molecule has 1 rings (SSSR count). The highest BCUT2D eigenvalue weighted by molar-refractivity contribution is 6.16. The second-order valence-electron chi connectivity index (χ2n) is 7.82. The van der Waals surface area contributed by atoms with Crippen molar-refractivity contribution in [2.45, 2.75) is 89.9 Å². The molecule has 1 heterocycles. The van der Waals surface area contributed by atoms with Crippen molar-refractivity contribution in [3.63, 3.8) is 0 Å². The minimum Gasteiger partial charge on any atom is -0.450 e. The van der Waals surface area contributed by atoms with E-state index >= 15 is 0 Å². The van der Waals surface area contributed by atoms with Crippen LogP contribution in [0.1, 0.15) is 89.7 Å². The second kappa shape index (κ2) is 17.4. The molecule has 1 atom stereocenters. The summed E-state index contributed by atoms with van der Waals surface area (Å²) < 4.78 is 4.77. The number of rotatable bonds is 18. The van der Waals surface area contributed by atoms with Crippen molar-refractivity contribution in [1.29, 1.82) is 0 Å². The molecule has 1 aromatic rings. The zero-order chi connectivity index (χ0) is 21.2. The number of hydrogen-bond acceptors (Lipinski definition) is 4. The highest BCUT2D eigenvalue weighted by Gasteiger charge is 2.08. The summed E-state index contributed by atoms with van der Waals surface area (Å²) in [5, 5.41) is 3.47. The normalized spacial score (nSPS) is 11.9. The van der Waals surface area contributed by atoms with Gasteiger partial charge in [-0.15, -0.1) is 11.6 Å². The molecule has 1 unspecified atom stereocenters. The molecular formula is C23H40ClN3O2. The first-order valence-electron chi connectivity index (χ1n) is 11.3. The van der Waals surface area contributed by atoms with Gasteiger partial charge in [0.05, 0.1) is 18.2 Å². The number of ether oxygens (including phenoxy) is 1. The molecular weight excluding hydrogens is 386 g/mol. The Morgan fingerprint density at radius 3 is 2.48 bits per heavy atom. The summed E-state index contributed by atoms with van der Waals surface area (Å²) in [6.07, 6.45) is 16.1. The van der Waals surface area contributed by atoms with Gasteiger partial charge < -0.3 is 15.8 Å². The van der Waals surface area contributed by atoms with Crippen molar-refractivity contribution in [1.82, 2.24) is 4.98 Å². The molecule has 0 aromatic carbocycles. The third-order valence-corrected chi connectivity index (χ3v) is 5.56. The van der Waals surface area contributed by atoms with Gasteiger partial charge in [-0.05, 0) is 30.9 Å². The van der Waals surface area contributed by atoms with Crippen LogP contribution in [0.15, 0.2) is 18.3 Å². The minimum absolute atomic E-state index is 0.454.